The SMILES string of the molecule is Cc1sc(C(=O)O)cc1NC(=O)C[C@H]1CCCCO1. The van der Waals surface area contributed by atoms with E-state index in [0.29, 0.717) is 12.1 Å². The number of hydrogen-bond donors (Lipinski definition) is 2. The van der Waals surface area contributed by atoms with Gasteiger partial charge in [0.25, 0.3) is 0 Å². The molecule has 0 bridgehead atoms. The first-order valence-electron chi connectivity index (χ1n) is 6.31. The molecule has 0 saturated carbocycles. The third-order valence-electron chi connectivity index (χ3n) is 3.09. The van der Waals surface area contributed by atoms with Crippen molar-refractivity contribution in [3.8, 4) is 0 Å². The number of nitrogens with one attached hydrogen (secondary N) is 1. The van der Waals surface area contributed by atoms with Gasteiger partial charge in [-0.2, -0.15) is 0 Å². The Morgan fingerprint density at radius 2 is 2.32 bits per heavy atom. The molecule has 104 valence electrons. The molecule has 2 N–H and O–H groups in total. The van der Waals surface area contributed by atoms with Gasteiger partial charge in [0, 0.05) is 11.5 Å². The van der Waals surface area contributed by atoms with Crippen LogP contribution >= 0.6 is 11.3 Å². The Hall–Kier alpha value is -1.40. The van der Waals surface area contributed by atoms with Crippen molar-refractivity contribution < 1.29 is 19.4 Å². The van der Waals surface area contributed by atoms with Gasteiger partial charge in [-0.15, -0.1) is 11.3 Å². The number of carboxylic acid groups (broad SMARTS) is 1. The number of aromatic carboxylic acids is 1. The minimum absolute atomic E-state index is 0.00774. The lowest BCUT2D eigenvalue weighted by atomic mass is 10.1. The standard InChI is InChI=1S/C13H17NO4S/c1-8-10(7-11(19-8)13(16)17)14-12(15)6-9-4-2-3-5-18-9/h7,9H,2-6H2,1H3,(H,14,15)(H,16,17)/t9-/m1/s1. The molecule has 6 heteroatoms. The van der Waals surface area contributed by atoms with Gasteiger partial charge in [-0.25, -0.2) is 4.79 Å². The minimum atomic E-state index is -0.968. The second-order valence-corrected chi connectivity index (χ2v) is 5.88. The van der Waals surface area contributed by atoms with Crippen LogP contribution in [0.4, 0.5) is 5.69 Å². The summed E-state index contributed by atoms with van der Waals surface area (Å²) in [5.41, 5.74) is 0.586. The molecule has 1 fully saturated rings. The number of aryl methyl sites for hydroxylation is 1. The van der Waals surface area contributed by atoms with E-state index in [2.05, 4.69) is 5.32 Å². The number of rotatable bonds is 4. The van der Waals surface area contributed by atoms with E-state index in [9.17, 15) is 9.59 Å². The van der Waals surface area contributed by atoms with E-state index >= 15 is 0 Å². The molecule has 1 aliphatic heterocycles. The van der Waals surface area contributed by atoms with E-state index in [-0.39, 0.29) is 16.9 Å². The second kappa shape index (κ2) is 6.16. The quantitative estimate of drug-likeness (QED) is 0.890. The predicted octanol–water partition coefficient (Wildman–Crippen LogP) is 2.65. The van der Waals surface area contributed by atoms with Crippen LogP contribution in [-0.4, -0.2) is 29.7 Å². The zero-order valence-corrected chi connectivity index (χ0v) is 11.6. The molecule has 0 aromatic carbocycles. The summed E-state index contributed by atoms with van der Waals surface area (Å²) >= 11 is 1.17. The average Bonchev–Trinajstić information content (AvgIpc) is 2.72. The smallest absolute Gasteiger partial charge is 0.345 e. The lowest BCUT2D eigenvalue weighted by Gasteiger charge is -2.21. The van der Waals surface area contributed by atoms with Crippen LogP contribution < -0.4 is 5.32 Å². The molecule has 1 saturated heterocycles. The molecular formula is C13H17NO4S. The largest absolute Gasteiger partial charge is 0.477 e. The summed E-state index contributed by atoms with van der Waals surface area (Å²) in [4.78, 5) is 23.8. The molecule has 5 nitrogen and oxygen atoms in total. The van der Waals surface area contributed by atoms with Gasteiger partial charge in [-0.05, 0) is 32.3 Å². The molecule has 2 heterocycles. The monoisotopic (exact) mass is 283 g/mol. The van der Waals surface area contributed by atoms with E-state index < -0.39 is 5.97 Å². The Labute approximate surface area is 115 Å². The Morgan fingerprint density at radius 1 is 1.53 bits per heavy atom. The molecule has 0 unspecified atom stereocenters. The Kier molecular flexibility index (Phi) is 4.55. The third kappa shape index (κ3) is 3.78. The van der Waals surface area contributed by atoms with E-state index in [1.54, 1.807) is 6.92 Å². The number of thiophene rings is 1. The van der Waals surface area contributed by atoms with Gasteiger partial charge < -0.3 is 15.2 Å². The summed E-state index contributed by atoms with van der Waals surface area (Å²) in [5, 5.41) is 11.7. The summed E-state index contributed by atoms with van der Waals surface area (Å²) in [6, 6.07) is 1.50. The molecular weight excluding hydrogens is 266 g/mol. The van der Waals surface area contributed by atoms with Crippen molar-refractivity contribution in [2.45, 2.75) is 38.7 Å². The Balaban J connectivity index is 1.92. The van der Waals surface area contributed by atoms with Crippen LogP contribution in [0.5, 0.6) is 0 Å². The van der Waals surface area contributed by atoms with Gasteiger partial charge in [0.1, 0.15) is 4.88 Å². The number of carbonyl (C=O) groups is 2. The fourth-order valence-electron chi connectivity index (χ4n) is 2.09. The highest BCUT2D eigenvalue weighted by atomic mass is 32.1. The minimum Gasteiger partial charge on any atom is -0.477 e. The van der Waals surface area contributed by atoms with Crippen LogP contribution in [-0.2, 0) is 9.53 Å². The Bertz CT molecular complexity index is 477. The van der Waals surface area contributed by atoms with Gasteiger partial charge in [0.15, 0.2) is 0 Å². The van der Waals surface area contributed by atoms with Crippen molar-refractivity contribution in [3.05, 3.63) is 15.8 Å². The van der Waals surface area contributed by atoms with Crippen LogP contribution in [0.15, 0.2) is 6.07 Å². The fourth-order valence-corrected chi connectivity index (χ4v) is 2.90. The van der Waals surface area contributed by atoms with E-state index in [4.69, 9.17) is 9.84 Å². The maximum Gasteiger partial charge on any atom is 0.345 e. The van der Waals surface area contributed by atoms with E-state index in [0.717, 1.165) is 30.7 Å². The molecule has 1 aromatic rings. The van der Waals surface area contributed by atoms with E-state index in [1.807, 2.05) is 0 Å². The number of amides is 1. The van der Waals surface area contributed by atoms with Crippen molar-refractivity contribution in [2.75, 3.05) is 11.9 Å². The summed E-state index contributed by atoms with van der Waals surface area (Å²) in [6.07, 6.45) is 3.39. The maximum atomic E-state index is 11.9. The highest BCUT2D eigenvalue weighted by molar-refractivity contribution is 7.14. The lowest BCUT2D eigenvalue weighted by Crippen LogP contribution is -2.25. The first-order chi connectivity index (χ1) is 9.06. The molecule has 0 spiro atoms. The molecule has 2 rings (SSSR count). The zero-order valence-electron chi connectivity index (χ0n) is 10.8. The van der Waals surface area contributed by atoms with Crippen molar-refractivity contribution in [3.63, 3.8) is 0 Å². The van der Waals surface area contributed by atoms with Crippen LogP contribution in [0.2, 0.25) is 0 Å². The first-order valence-corrected chi connectivity index (χ1v) is 7.13. The molecule has 1 atom stereocenters. The number of carbonyl (C=O) groups excluding carboxylic acids is 1. The van der Waals surface area contributed by atoms with Gasteiger partial charge in [-0.1, -0.05) is 0 Å². The van der Waals surface area contributed by atoms with Crippen LogP contribution in [0, 0.1) is 6.92 Å². The third-order valence-corrected chi connectivity index (χ3v) is 4.13. The van der Waals surface area contributed by atoms with Gasteiger partial charge in [0.2, 0.25) is 5.91 Å². The molecule has 1 aromatic heterocycles. The van der Waals surface area contributed by atoms with Crippen molar-refractivity contribution in [2.24, 2.45) is 0 Å². The number of anilines is 1. The topological polar surface area (TPSA) is 75.6 Å². The van der Waals surface area contributed by atoms with Gasteiger partial charge in [-0.3, -0.25) is 4.79 Å². The average molecular weight is 283 g/mol. The second-order valence-electron chi connectivity index (χ2n) is 4.63. The van der Waals surface area contributed by atoms with Crippen LogP contribution in [0.3, 0.4) is 0 Å². The Morgan fingerprint density at radius 3 is 2.89 bits per heavy atom. The fraction of sp³-hybridized carbons (Fsp3) is 0.538. The zero-order chi connectivity index (χ0) is 13.8. The van der Waals surface area contributed by atoms with Gasteiger partial charge in [0.05, 0.1) is 18.2 Å². The van der Waals surface area contributed by atoms with Crippen LogP contribution in [0.25, 0.3) is 0 Å². The highest BCUT2D eigenvalue weighted by Gasteiger charge is 2.19. The number of ether oxygens (including phenoxy) is 1. The van der Waals surface area contributed by atoms with Gasteiger partial charge >= 0.3 is 5.97 Å². The molecule has 0 aliphatic carbocycles. The number of carboxylic acids is 1. The van der Waals surface area contributed by atoms with Crippen molar-refractivity contribution in [1.29, 1.82) is 0 Å². The molecule has 1 amide bonds. The molecule has 19 heavy (non-hydrogen) atoms. The lowest BCUT2D eigenvalue weighted by molar-refractivity contribution is -0.119. The summed E-state index contributed by atoms with van der Waals surface area (Å²) < 4.78 is 5.51. The van der Waals surface area contributed by atoms with Crippen LogP contribution in [0.1, 0.15) is 40.2 Å². The maximum absolute atomic E-state index is 11.9. The van der Waals surface area contributed by atoms with Crippen molar-refractivity contribution in [1.82, 2.24) is 0 Å². The predicted molar refractivity (Wildman–Crippen MR) is 72.9 cm³/mol. The molecule has 1 aliphatic rings. The summed E-state index contributed by atoms with van der Waals surface area (Å²) in [7, 11) is 0. The number of hydrogen-bond acceptors (Lipinski definition) is 4. The van der Waals surface area contributed by atoms with Crippen molar-refractivity contribution >= 4 is 28.9 Å². The van der Waals surface area contributed by atoms with E-state index in [1.165, 1.54) is 17.4 Å². The summed E-state index contributed by atoms with van der Waals surface area (Å²) in [5.74, 6) is -1.09. The molecule has 0 radical (unpaired) electrons. The highest BCUT2D eigenvalue weighted by Crippen LogP contribution is 2.26. The first kappa shape index (κ1) is 14.0. The summed E-state index contributed by atoms with van der Waals surface area (Å²) in [6.45, 7) is 2.52. The normalized spacial score (nSPS) is 19.1.